The molecule has 0 saturated carbocycles. The van der Waals surface area contributed by atoms with Crippen molar-refractivity contribution in [2.24, 2.45) is 0 Å². The van der Waals surface area contributed by atoms with Gasteiger partial charge in [0, 0.05) is 12.2 Å². The first-order valence-electron chi connectivity index (χ1n) is 8.79. The van der Waals surface area contributed by atoms with Gasteiger partial charge >= 0.3 is 0 Å². The summed E-state index contributed by atoms with van der Waals surface area (Å²) in [5.41, 5.74) is 2.17. The van der Waals surface area contributed by atoms with Gasteiger partial charge in [-0.05, 0) is 37.5 Å². The number of anilines is 1. The molecule has 0 atom stereocenters. The third-order valence-corrected chi connectivity index (χ3v) is 4.16. The first-order chi connectivity index (χ1) is 12.6. The van der Waals surface area contributed by atoms with Gasteiger partial charge in [-0.1, -0.05) is 30.7 Å². The van der Waals surface area contributed by atoms with Gasteiger partial charge in [0.1, 0.15) is 12.9 Å². The number of aryl methyl sites for hydroxylation is 2. The molecule has 0 aliphatic heterocycles. The number of hydrogen-bond donors (Lipinski definition) is 1. The Bertz CT molecular complexity index is 958. The Kier molecular flexibility index (Phi) is 5.40. The topological polar surface area (TPSA) is 94.7 Å². The summed E-state index contributed by atoms with van der Waals surface area (Å²) in [5, 5.41) is 10.5. The lowest BCUT2D eigenvalue weighted by molar-refractivity contribution is -0.116. The van der Waals surface area contributed by atoms with E-state index >= 15 is 0 Å². The highest BCUT2D eigenvalue weighted by Gasteiger charge is 2.13. The SMILES string of the molecule is CCCCc1ccc(NC(=O)Cn2cnc3c(nnn3CC)c2=O)cc1. The van der Waals surface area contributed by atoms with Gasteiger partial charge in [-0.2, -0.15) is 0 Å². The summed E-state index contributed by atoms with van der Waals surface area (Å²) in [6.45, 7) is 4.49. The van der Waals surface area contributed by atoms with Crippen LogP contribution in [0.5, 0.6) is 0 Å². The van der Waals surface area contributed by atoms with Crippen LogP contribution in [-0.4, -0.2) is 30.5 Å². The summed E-state index contributed by atoms with van der Waals surface area (Å²) in [6.07, 6.45) is 4.68. The van der Waals surface area contributed by atoms with Crippen molar-refractivity contribution in [3.63, 3.8) is 0 Å². The van der Waals surface area contributed by atoms with Gasteiger partial charge in [-0.15, -0.1) is 5.10 Å². The second-order valence-electron chi connectivity index (χ2n) is 6.10. The summed E-state index contributed by atoms with van der Waals surface area (Å²) >= 11 is 0. The highest BCUT2D eigenvalue weighted by atomic mass is 16.2. The average molecular weight is 354 g/mol. The maximum atomic E-state index is 12.4. The number of unbranched alkanes of at least 4 members (excludes halogenated alkanes) is 1. The van der Waals surface area contributed by atoms with Gasteiger partial charge in [0.05, 0.1) is 0 Å². The molecule has 0 radical (unpaired) electrons. The Hall–Kier alpha value is -3.03. The maximum absolute atomic E-state index is 12.4. The fraction of sp³-hybridized carbons (Fsp3) is 0.389. The fourth-order valence-corrected chi connectivity index (χ4v) is 2.70. The smallest absolute Gasteiger partial charge is 0.283 e. The van der Waals surface area contributed by atoms with E-state index in [1.165, 1.54) is 16.5 Å². The molecule has 136 valence electrons. The van der Waals surface area contributed by atoms with E-state index in [0.717, 1.165) is 19.3 Å². The van der Waals surface area contributed by atoms with E-state index in [2.05, 4.69) is 27.5 Å². The molecule has 1 aromatic carbocycles. The molecule has 0 unspecified atom stereocenters. The summed E-state index contributed by atoms with van der Waals surface area (Å²) in [5.74, 6) is -0.294. The van der Waals surface area contributed by atoms with Gasteiger partial charge < -0.3 is 5.32 Å². The number of nitrogens with zero attached hydrogens (tertiary/aromatic N) is 5. The molecule has 2 aromatic heterocycles. The second-order valence-corrected chi connectivity index (χ2v) is 6.10. The molecule has 26 heavy (non-hydrogen) atoms. The minimum atomic E-state index is -0.375. The first kappa shape index (κ1) is 17.8. The van der Waals surface area contributed by atoms with E-state index in [9.17, 15) is 9.59 Å². The van der Waals surface area contributed by atoms with Gasteiger partial charge in [0.15, 0.2) is 11.2 Å². The lowest BCUT2D eigenvalue weighted by Crippen LogP contribution is -2.28. The lowest BCUT2D eigenvalue weighted by atomic mass is 10.1. The lowest BCUT2D eigenvalue weighted by Gasteiger charge is -2.08. The zero-order valence-electron chi connectivity index (χ0n) is 15.0. The van der Waals surface area contributed by atoms with Crippen LogP contribution in [0.3, 0.4) is 0 Å². The van der Waals surface area contributed by atoms with Crippen LogP contribution in [0.1, 0.15) is 32.3 Å². The number of fused-ring (bicyclic) bond motifs is 1. The molecule has 2 heterocycles. The Balaban J connectivity index is 1.69. The van der Waals surface area contributed by atoms with E-state index in [1.54, 1.807) is 4.68 Å². The van der Waals surface area contributed by atoms with E-state index in [4.69, 9.17) is 0 Å². The summed E-state index contributed by atoms with van der Waals surface area (Å²) in [7, 11) is 0. The Morgan fingerprint density at radius 2 is 1.96 bits per heavy atom. The number of carbonyl (C=O) groups is 1. The number of nitrogens with one attached hydrogen (secondary N) is 1. The summed E-state index contributed by atoms with van der Waals surface area (Å²) in [4.78, 5) is 28.9. The zero-order valence-corrected chi connectivity index (χ0v) is 15.0. The summed E-state index contributed by atoms with van der Waals surface area (Å²) in [6, 6.07) is 7.77. The van der Waals surface area contributed by atoms with Gasteiger partial charge in [-0.3, -0.25) is 14.2 Å². The molecule has 0 aliphatic rings. The number of carbonyl (C=O) groups excluding carboxylic acids is 1. The molecule has 3 rings (SSSR count). The molecular formula is C18H22N6O2. The van der Waals surface area contributed by atoms with Crippen LogP contribution < -0.4 is 10.9 Å². The highest BCUT2D eigenvalue weighted by molar-refractivity contribution is 5.90. The molecule has 0 bridgehead atoms. The van der Waals surface area contributed by atoms with Crippen LogP contribution in [0.25, 0.3) is 11.2 Å². The Labute approximate surface area is 150 Å². The van der Waals surface area contributed by atoms with Crippen LogP contribution in [-0.2, 0) is 24.3 Å². The number of aromatic nitrogens is 5. The molecule has 0 spiro atoms. The molecule has 0 aliphatic carbocycles. The first-order valence-corrected chi connectivity index (χ1v) is 8.79. The molecule has 8 nitrogen and oxygen atoms in total. The molecule has 0 fully saturated rings. The fourth-order valence-electron chi connectivity index (χ4n) is 2.70. The second kappa shape index (κ2) is 7.90. The molecule has 0 saturated heterocycles. The Morgan fingerprint density at radius 3 is 2.65 bits per heavy atom. The van der Waals surface area contributed by atoms with Crippen molar-refractivity contribution in [3.05, 3.63) is 46.5 Å². The van der Waals surface area contributed by atoms with Crippen molar-refractivity contribution in [1.82, 2.24) is 24.5 Å². The van der Waals surface area contributed by atoms with E-state index in [-0.39, 0.29) is 23.5 Å². The number of hydrogen-bond acceptors (Lipinski definition) is 5. The van der Waals surface area contributed by atoms with Crippen molar-refractivity contribution < 1.29 is 4.79 Å². The largest absolute Gasteiger partial charge is 0.325 e. The quantitative estimate of drug-likeness (QED) is 0.700. The van der Waals surface area contributed by atoms with Gasteiger partial charge in [0.25, 0.3) is 5.56 Å². The highest BCUT2D eigenvalue weighted by Crippen LogP contribution is 2.12. The van der Waals surface area contributed by atoms with Crippen LogP contribution >= 0.6 is 0 Å². The van der Waals surface area contributed by atoms with E-state index in [0.29, 0.717) is 17.9 Å². The molecule has 1 amide bonds. The predicted molar refractivity (Wildman–Crippen MR) is 98.9 cm³/mol. The van der Waals surface area contributed by atoms with Gasteiger partial charge in [0.2, 0.25) is 5.91 Å². The normalized spacial score (nSPS) is 11.0. The number of amides is 1. The van der Waals surface area contributed by atoms with Crippen molar-refractivity contribution in [1.29, 1.82) is 0 Å². The molecule has 3 aromatic rings. The molecule has 1 N–H and O–H groups in total. The van der Waals surface area contributed by atoms with Crippen molar-refractivity contribution in [3.8, 4) is 0 Å². The third kappa shape index (κ3) is 3.79. The van der Waals surface area contributed by atoms with Crippen molar-refractivity contribution in [2.45, 2.75) is 46.2 Å². The van der Waals surface area contributed by atoms with E-state index < -0.39 is 0 Å². The number of benzene rings is 1. The number of rotatable bonds is 7. The van der Waals surface area contributed by atoms with Crippen LogP contribution in [0, 0.1) is 0 Å². The van der Waals surface area contributed by atoms with Gasteiger partial charge in [-0.25, -0.2) is 9.67 Å². The molecule has 8 heteroatoms. The van der Waals surface area contributed by atoms with E-state index in [1.807, 2.05) is 31.2 Å². The Morgan fingerprint density at radius 1 is 1.19 bits per heavy atom. The van der Waals surface area contributed by atoms with Crippen LogP contribution in [0.4, 0.5) is 5.69 Å². The minimum Gasteiger partial charge on any atom is -0.325 e. The maximum Gasteiger partial charge on any atom is 0.283 e. The average Bonchev–Trinajstić information content (AvgIpc) is 3.07. The minimum absolute atomic E-state index is 0.127. The zero-order chi connectivity index (χ0) is 18.5. The van der Waals surface area contributed by atoms with Crippen molar-refractivity contribution in [2.75, 3.05) is 5.32 Å². The molecular weight excluding hydrogens is 332 g/mol. The summed E-state index contributed by atoms with van der Waals surface area (Å²) < 4.78 is 2.78. The standard InChI is InChI=1S/C18H22N6O2/c1-3-5-6-13-7-9-14(10-8-13)20-15(25)11-23-12-19-17-16(18(23)26)21-22-24(17)4-2/h7-10,12H,3-6,11H2,1-2H3,(H,20,25). The van der Waals surface area contributed by atoms with Crippen LogP contribution in [0.2, 0.25) is 0 Å². The third-order valence-electron chi connectivity index (χ3n) is 4.16. The monoisotopic (exact) mass is 354 g/mol. The predicted octanol–water partition coefficient (Wildman–Crippen LogP) is 1.99. The van der Waals surface area contributed by atoms with Crippen molar-refractivity contribution >= 4 is 22.8 Å². The van der Waals surface area contributed by atoms with Crippen LogP contribution in [0.15, 0.2) is 35.4 Å².